The lowest BCUT2D eigenvalue weighted by molar-refractivity contribution is 0.947. The van der Waals surface area contributed by atoms with Gasteiger partial charge in [0.05, 0.1) is 0 Å². The number of rotatable bonds is 6. The first-order valence-corrected chi connectivity index (χ1v) is 3.93. The lowest BCUT2D eigenvalue weighted by Gasteiger charge is -2.33. The van der Waals surface area contributed by atoms with Gasteiger partial charge < -0.3 is 0 Å². The van der Waals surface area contributed by atoms with E-state index in [9.17, 15) is 0 Å². The van der Waals surface area contributed by atoms with Crippen LogP contribution in [-0.2, 0) is 0 Å². The Bertz CT molecular complexity index is 108. The standard InChI is InChI=1S/C3H5B9/c1-2-3(8-4,9-11-5)10-12(6)7/h2H2,1H3. The van der Waals surface area contributed by atoms with Crippen molar-refractivity contribution in [3.63, 3.8) is 0 Å². The van der Waals surface area contributed by atoms with Crippen molar-refractivity contribution in [1.29, 1.82) is 0 Å². The summed E-state index contributed by atoms with van der Waals surface area (Å²) in [5, 5.41) is -0.372. The van der Waals surface area contributed by atoms with E-state index >= 15 is 0 Å². The molecule has 0 rings (SSSR count). The molecule has 0 aliphatic carbocycles. The molecule has 0 amide bonds. The Hall–Kier alpha value is 0.584. The highest BCUT2D eigenvalue weighted by Crippen LogP contribution is 2.24. The van der Waals surface area contributed by atoms with Gasteiger partial charge in [0, 0.05) is 65.9 Å². The van der Waals surface area contributed by atoms with Crippen molar-refractivity contribution in [3.8, 4) is 0 Å². The molecule has 44 valence electrons. The Kier molecular flexibility index (Phi) is 6.40. The minimum absolute atomic E-state index is 0.372. The van der Waals surface area contributed by atoms with Crippen LogP contribution < -0.4 is 0 Å². The normalized spacial score (nSPS) is 14.1. The van der Waals surface area contributed by atoms with E-state index in [0.29, 0.717) is 0 Å². The van der Waals surface area contributed by atoms with E-state index < -0.39 is 6.39 Å². The van der Waals surface area contributed by atoms with Crippen molar-refractivity contribution in [1.82, 2.24) is 0 Å². The Labute approximate surface area is 84.7 Å². The summed E-state index contributed by atoms with van der Waals surface area (Å²) in [7, 11) is 28.2. The van der Waals surface area contributed by atoms with Gasteiger partial charge in [-0.15, -0.1) is 5.11 Å². The molecule has 0 aromatic rings. The van der Waals surface area contributed by atoms with Gasteiger partial charge >= 0.3 is 0 Å². The van der Waals surface area contributed by atoms with Crippen LogP contribution in [-0.4, -0.2) is 65.9 Å². The zero-order valence-corrected chi connectivity index (χ0v) is 7.40. The Morgan fingerprint density at radius 1 is 1.33 bits per heavy atom. The summed E-state index contributed by atoms with van der Waals surface area (Å²) in [5.41, 5.74) is 0. The van der Waals surface area contributed by atoms with E-state index in [4.69, 9.17) is 30.9 Å². The van der Waals surface area contributed by atoms with Gasteiger partial charge in [-0.25, -0.2) is 0 Å². The highest BCUT2D eigenvalue weighted by molar-refractivity contribution is 7.56. The molecule has 0 spiro atoms. The van der Waals surface area contributed by atoms with Crippen LogP contribution in [0.3, 0.4) is 0 Å². The second kappa shape index (κ2) is 6.10. The molecule has 0 aliphatic rings. The van der Waals surface area contributed by atoms with Crippen LogP contribution in [0.1, 0.15) is 13.3 Å². The van der Waals surface area contributed by atoms with Gasteiger partial charge in [-0.1, -0.05) is 13.3 Å². The highest BCUT2D eigenvalue weighted by Gasteiger charge is 2.26. The second-order valence-corrected chi connectivity index (χ2v) is 2.74. The molecule has 0 aromatic carbocycles. The maximum absolute atomic E-state index is 5.48. The lowest BCUT2D eigenvalue weighted by atomic mass is 8.89. The minimum Gasteiger partial charge on any atom is -0.133 e. The van der Waals surface area contributed by atoms with Crippen LogP contribution in [0, 0.1) is 0 Å². The van der Waals surface area contributed by atoms with Gasteiger partial charge in [-0.05, 0) is 0 Å². The topological polar surface area (TPSA) is 0 Å². The van der Waals surface area contributed by atoms with Crippen molar-refractivity contribution in [2.24, 2.45) is 0 Å². The van der Waals surface area contributed by atoms with E-state index in [1.165, 1.54) is 7.06 Å². The quantitative estimate of drug-likeness (QED) is 0.362. The Balaban J connectivity index is 4.13. The molecule has 9 heteroatoms. The smallest absolute Gasteiger partial charge is 0.0410 e. The summed E-state index contributed by atoms with van der Waals surface area (Å²) >= 11 is 0. The molecule has 12 radical (unpaired) electrons. The first-order chi connectivity index (χ1) is 5.60. The summed E-state index contributed by atoms with van der Waals surface area (Å²) in [6, 6.07) is 0. The number of hydrogen-bond acceptors (Lipinski definition) is 0. The zero-order chi connectivity index (χ0) is 9.61. The van der Waals surface area contributed by atoms with Crippen LogP contribution in [0.2, 0.25) is 5.11 Å². The van der Waals surface area contributed by atoms with Crippen molar-refractivity contribution in [2.45, 2.75) is 18.5 Å². The summed E-state index contributed by atoms with van der Waals surface area (Å²) in [6.45, 7) is 1.99. The third kappa shape index (κ3) is 4.00. The lowest BCUT2D eigenvalue weighted by Crippen LogP contribution is -2.44. The largest absolute Gasteiger partial charge is 0.133 e. The molecule has 0 aliphatic heterocycles. The van der Waals surface area contributed by atoms with Crippen molar-refractivity contribution >= 4 is 65.9 Å². The SMILES string of the molecule is [B][B][B]C([B][B])([B]B([B])[B])CC. The molecule has 0 nitrogen and oxygen atoms in total. The first kappa shape index (κ1) is 12.6. The molecular formula is C3H5B9. The van der Waals surface area contributed by atoms with Crippen molar-refractivity contribution < 1.29 is 0 Å². The molecule has 1 atom stereocenters. The summed E-state index contributed by atoms with van der Waals surface area (Å²) < 4.78 is 0. The third-order valence-electron chi connectivity index (χ3n) is 1.83. The maximum atomic E-state index is 5.48. The van der Waals surface area contributed by atoms with Crippen LogP contribution in [0.4, 0.5) is 0 Å². The van der Waals surface area contributed by atoms with Crippen molar-refractivity contribution in [2.75, 3.05) is 0 Å². The molecule has 0 aromatic heterocycles. The fourth-order valence-electron chi connectivity index (χ4n) is 1.06. The number of hydrogen-bond donors (Lipinski definition) is 0. The van der Waals surface area contributed by atoms with Crippen LogP contribution in [0.5, 0.6) is 0 Å². The van der Waals surface area contributed by atoms with Crippen LogP contribution >= 0.6 is 0 Å². The Morgan fingerprint density at radius 2 is 1.92 bits per heavy atom. The first-order valence-electron chi connectivity index (χ1n) is 3.93. The summed E-state index contributed by atoms with van der Waals surface area (Å²) in [6.07, 6.45) is 0.309. The summed E-state index contributed by atoms with van der Waals surface area (Å²) in [5.74, 6) is 0. The predicted octanol–water partition coefficient (Wildman–Crippen LogP) is -2.31. The second-order valence-electron chi connectivity index (χ2n) is 2.74. The third-order valence-corrected chi connectivity index (χ3v) is 1.83. The maximum Gasteiger partial charge on any atom is 0.0410 e. The molecule has 1 unspecified atom stereocenters. The van der Waals surface area contributed by atoms with E-state index in [1.807, 2.05) is 6.92 Å². The van der Waals surface area contributed by atoms with Crippen LogP contribution in [0.15, 0.2) is 0 Å². The van der Waals surface area contributed by atoms with E-state index in [0.717, 1.165) is 6.42 Å². The van der Waals surface area contributed by atoms with E-state index in [2.05, 4.69) is 0 Å². The van der Waals surface area contributed by atoms with Crippen LogP contribution in [0.25, 0.3) is 0 Å². The molecule has 12 heavy (non-hydrogen) atoms. The predicted molar refractivity (Wildman–Crippen MR) is 64.8 cm³/mol. The summed E-state index contributed by atoms with van der Waals surface area (Å²) in [4.78, 5) is 0. The van der Waals surface area contributed by atoms with Gasteiger partial charge in [-0.2, -0.15) is 0 Å². The van der Waals surface area contributed by atoms with Gasteiger partial charge in [0.25, 0.3) is 0 Å². The zero-order valence-electron chi connectivity index (χ0n) is 7.40. The van der Waals surface area contributed by atoms with E-state index in [-0.39, 0.29) is 5.11 Å². The molecule has 0 N–H and O–H groups in total. The van der Waals surface area contributed by atoms with Gasteiger partial charge in [0.15, 0.2) is 0 Å². The minimum atomic E-state index is -0.485. The van der Waals surface area contributed by atoms with Gasteiger partial charge in [0.2, 0.25) is 0 Å². The molecule has 0 saturated carbocycles. The molecular weight excluding hydrogens is 133 g/mol. The van der Waals surface area contributed by atoms with Gasteiger partial charge in [-0.3, -0.25) is 0 Å². The fraction of sp³-hybridized carbons (Fsp3) is 1.00. The molecule has 0 saturated heterocycles. The monoisotopic (exact) mass is 140 g/mol. The van der Waals surface area contributed by atoms with Gasteiger partial charge in [0.1, 0.15) is 0 Å². The average Bonchev–Trinajstić information content (AvgIpc) is 2.03. The molecule has 0 bridgehead atoms. The fourth-order valence-corrected chi connectivity index (χ4v) is 1.06. The molecule has 0 fully saturated rings. The molecule has 0 heterocycles. The average molecular weight is 138 g/mol. The van der Waals surface area contributed by atoms with E-state index in [1.54, 1.807) is 21.5 Å². The highest BCUT2D eigenvalue weighted by atomic mass is 13.9. The Morgan fingerprint density at radius 3 is 2.17 bits per heavy atom. The van der Waals surface area contributed by atoms with Crippen molar-refractivity contribution in [3.05, 3.63) is 0 Å².